The van der Waals surface area contributed by atoms with Crippen molar-refractivity contribution in [1.29, 1.82) is 0 Å². The van der Waals surface area contributed by atoms with Gasteiger partial charge in [-0.15, -0.1) is 0 Å². The molecule has 0 aromatic carbocycles. The van der Waals surface area contributed by atoms with E-state index in [-0.39, 0.29) is 41.0 Å². The molecule has 0 aliphatic heterocycles. The van der Waals surface area contributed by atoms with Gasteiger partial charge in [-0.3, -0.25) is 4.79 Å². The van der Waals surface area contributed by atoms with Gasteiger partial charge >= 0.3 is 0 Å². The third-order valence-electron chi connectivity index (χ3n) is 10.3. The average molecular weight is 381 g/mol. The lowest BCUT2D eigenvalue weighted by Gasteiger charge is -2.69. The van der Waals surface area contributed by atoms with E-state index in [1.54, 1.807) is 0 Å². The number of Topliss-reactive ketones (excluding diaryl/α,β-unsaturated/α-hetero) is 1. The molecule has 0 unspecified atom stereocenters. The van der Waals surface area contributed by atoms with E-state index in [1.165, 1.54) is 0 Å². The predicted octanol–water partition coefficient (Wildman–Crippen LogP) is 1.90. The Bertz CT molecular complexity index is 651. The lowest BCUT2D eigenvalue weighted by Crippen LogP contribution is -2.68. The molecule has 5 nitrogen and oxygen atoms in total. The zero-order valence-corrected chi connectivity index (χ0v) is 17.1. The number of rotatable bonds is 1. The summed E-state index contributed by atoms with van der Waals surface area (Å²) in [6, 6.07) is 0. The Labute approximate surface area is 162 Å². The number of aliphatic hydroxyl groups excluding tert-OH is 4. The second-order valence-electron chi connectivity index (χ2n) is 11.0. The van der Waals surface area contributed by atoms with E-state index in [9.17, 15) is 25.2 Å². The van der Waals surface area contributed by atoms with Crippen LogP contribution in [0.3, 0.4) is 0 Å². The van der Waals surface area contributed by atoms with E-state index in [1.807, 2.05) is 6.92 Å². The monoisotopic (exact) mass is 380 g/mol. The molecular weight excluding hydrogens is 344 g/mol. The number of ketones is 1. The maximum absolute atomic E-state index is 12.7. The molecule has 4 N–H and O–H groups in total. The second kappa shape index (κ2) is 5.78. The molecule has 4 aliphatic rings. The van der Waals surface area contributed by atoms with Gasteiger partial charge in [0.1, 0.15) is 5.78 Å². The summed E-state index contributed by atoms with van der Waals surface area (Å²) < 4.78 is 0. The molecule has 154 valence electrons. The van der Waals surface area contributed by atoms with Crippen molar-refractivity contribution in [1.82, 2.24) is 0 Å². The quantitative estimate of drug-likeness (QED) is 0.557. The van der Waals surface area contributed by atoms with Crippen molar-refractivity contribution < 1.29 is 25.2 Å². The first-order chi connectivity index (χ1) is 12.5. The summed E-state index contributed by atoms with van der Waals surface area (Å²) in [7, 11) is 0. The minimum atomic E-state index is -0.717. The first kappa shape index (κ1) is 19.8. The SMILES string of the molecule is C[C@]12CCC(=O)[C@@](C)(CO)[C@@H]1CC[C@]1(C)[C@@H]2C[C@@H](O)[C@@H]2[C@@H](O)C[C@H](O)[C@]21C. The zero-order chi connectivity index (χ0) is 20.0. The fourth-order valence-corrected chi connectivity index (χ4v) is 8.60. The summed E-state index contributed by atoms with van der Waals surface area (Å²) >= 11 is 0. The van der Waals surface area contributed by atoms with Crippen molar-refractivity contribution >= 4 is 5.78 Å². The summed E-state index contributed by atoms with van der Waals surface area (Å²) in [6.45, 7) is 8.34. The molecule has 0 heterocycles. The molecule has 0 aromatic rings. The molecule has 0 bridgehead atoms. The van der Waals surface area contributed by atoms with Gasteiger partial charge in [-0.25, -0.2) is 0 Å². The van der Waals surface area contributed by atoms with E-state index in [0.717, 1.165) is 19.3 Å². The molecule has 10 atom stereocenters. The summed E-state index contributed by atoms with van der Waals surface area (Å²) in [5.74, 6) is 0.0975. The molecule has 27 heavy (non-hydrogen) atoms. The van der Waals surface area contributed by atoms with Crippen LogP contribution >= 0.6 is 0 Å². The Kier molecular flexibility index (Phi) is 4.24. The van der Waals surface area contributed by atoms with E-state index >= 15 is 0 Å². The van der Waals surface area contributed by atoms with E-state index in [4.69, 9.17) is 0 Å². The minimum absolute atomic E-state index is 0.0881. The molecule has 4 rings (SSSR count). The van der Waals surface area contributed by atoms with Crippen LogP contribution in [0.5, 0.6) is 0 Å². The van der Waals surface area contributed by atoms with Crippen LogP contribution in [0.4, 0.5) is 0 Å². The number of fused-ring (bicyclic) bond motifs is 5. The van der Waals surface area contributed by atoms with E-state index in [2.05, 4.69) is 20.8 Å². The molecule has 5 heteroatoms. The summed E-state index contributed by atoms with van der Waals surface area (Å²) in [6.07, 6.45) is 1.92. The van der Waals surface area contributed by atoms with Gasteiger partial charge in [0.2, 0.25) is 0 Å². The van der Waals surface area contributed by atoms with Crippen LogP contribution in [0.2, 0.25) is 0 Å². The van der Waals surface area contributed by atoms with Crippen LogP contribution in [0.1, 0.15) is 66.2 Å². The minimum Gasteiger partial charge on any atom is -0.395 e. The van der Waals surface area contributed by atoms with Gasteiger partial charge in [-0.2, -0.15) is 0 Å². The summed E-state index contributed by atoms with van der Waals surface area (Å²) in [5, 5.41) is 42.7. The molecule has 0 spiro atoms. The molecule has 4 fully saturated rings. The number of hydrogen-bond donors (Lipinski definition) is 4. The second-order valence-corrected chi connectivity index (χ2v) is 11.0. The summed E-state index contributed by atoms with van der Waals surface area (Å²) in [5.41, 5.74) is -1.64. The molecule has 0 saturated heterocycles. The number of hydrogen-bond acceptors (Lipinski definition) is 5. The van der Waals surface area contributed by atoms with Gasteiger partial charge in [0.15, 0.2) is 0 Å². The van der Waals surface area contributed by atoms with Gasteiger partial charge in [0, 0.05) is 24.2 Å². The highest BCUT2D eigenvalue weighted by molar-refractivity contribution is 5.86. The van der Waals surface area contributed by atoms with Crippen LogP contribution in [-0.4, -0.2) is 51.1 Å². The highest BCUT2D eigenvalue weighted by atomic mass is 16.3. The van der Waals surface area contributed by atoms with Gasteiger partial charge in [0.25, 0.3) is 0 Å². The van der Waals surface area contributed by atoms with Gasteiger partial charge < -0.3 is 20.4 Å². The van der Waals surface area contributed by atoms with Gasteiger partial charge in [-0.1, -0.05) is 27.7 Å². The van der Waals surface area contributed by atoms with Crippen LogP contribution in [0.15, 0.2) is 0 Å². The third-order valence-corrected chi connectivity index (χ3v) is 10.3. The first-order valence-electron chi connectivity index (χ1n) is 10.6. The van der Waals surface area contributed by atoms with Crippen molar-refractivity contribution in [3.8, 4) is 0 Å². The molecule has 4 saturated carbocycles. The Morgan fingerprint density at radius 1 is 0.963 bits per heavy atom. The van der Waals surface area contributed by atoms with Crippen molar-refractivity contribution in [2.45, 2.75) is 84.5 Å². The van der Waals surface area contributed by atoms with Crippen LogP contribution < -0.4 is 0 Å². The standard InChI is InChI=1S/C22H36O5/c1-19-7-6-16(26)20(2,11-23)14(19)5-8-21(3)15(19)9-12(24)18-13(25)10-17(27)22(18,21)4/h12-15,17-18,23-25,27H,5-11H2,1-4H3/t12-,13+,14-,15-,17+,18-,19+,20+,21-,22-/m1/s1. The molecule has 0 amide bonds. The lowest BCUT2D eigenvalue weighted by atomic mass is 9.35. The molecular formula is C22H36O5. The highest BCUT2D eigenvalue weighted by Gasteiger charge is 2.72. The predicted molar refractivity (Wildman–Crippen MR) is 101 cm³/mol. The normalized spacial score (nSPS) is 60.5. The van der Waals surface area contributed by atoms with Gasteiger partial charge in [-0.05, 0) is 48.3 Å². The van der Waals surface area contributed by atoms with Crippen molar-refractivity contribution in [3.63, 3.8) is 0 Å². The number of carbonyl (C=O) groups excluding carboxylic acids is 1. The van der Waals surface area contributed by atoms with Crippen molar-refractivity contribution in [2.75, 3.05) is 6.61 Å². The fraction of sp³-hybridized carbons (Fsp3) is 0.955. The zero-order valence-electron chi connectivity index (χ0n) is 17.1. The smallest absolute Gasteiger partial charge is 0.141 e. The molecule has 4 aliphatic carbocycles. The number of carbonyl (C=O) groups is 1. The van der Waals surface area contributed by atoms with E-state index in [0.29, 0.717) is 19.3 Å². The van der Waals surface area contributed by atoms with Crippen molar-refractivity contribution in [3.05, 3.63) is 0 Å². The Balaban J connectivity index is 1.82. The van der Waals surface area contributed by atoms with Crippen LogP contribution in [0.25, 0.3) is 0 Å². The van der Waals surface area contributed by atoms with Gasteiger partial charge in [0.05, 0.1) is 30.3 Å². The van der Waals surface area contributed by atoms with Crippen LogP contribution in [0, 0.1) is 39.4 Å². The fourth-order valence-electron chi connectivity index (χ4n) is 8.60. The van der Waals surface area contributed by atoms with Crippen molar-refractivity contribution in [2.24, 2.45) is 39.4 Å². The first-order valence-corrected chi connectivity index (χ1v) is 10.6. The Morgan fingerprint density at radius 2 is 1.59 bits per heavy atom. The molecule has 0 radical (unpaired) electrons. The topological polar surface area (TPSA) is 98.0 Å². The van der Waals surface area contributed by atoms with Crippen LogP contribution in [-0.2, 0) is 4.79 Å². The largest absolute Gasteiger partial charge is 0.395 e. The average Bonchev–Trinajstić information content (AvgIpc) is 2.85. The maximum atomic E-state index is 12.7. The third kappa shape index (κ3) is 2.12. The highest BCUT2D eigenvalue weighted by Crippen LogP contribution is 2.74. The Hall–Kier alpha value is -0.490. The Morgan fingerprint density at radius 3 is 2.22 bits per heavy atom. The molecule has 0 aromatic heterocycles. The summed E-state index contributed by atoms with van der Waals surface area (Å²) in [4.78, 5) is 12.7. The van der Waals surface area contributed by atoms with E-state index < -0.39 is 29.1 Å². The number of aliphatic hydroxyl groups is 4. The lowest BCUT2D eigenvalue weighted by molar-refractivity contribution is -0.247. The maximum Gasteiger partial charge on any atom is 0.141 e.